The van der Waals surface area contributed by atoms with Gasteiger partial charge in [-0.2, -0.15) is 0 Å². The Morgan fingerprint density at radius 3 is 1.69 bits per heavy atom. The Morgan fingerprint density at radius 1 is 0.621 bits per heavy atom. The van der Waals surface area contributed by atoms with Crippen molar-refractivity contribution in [3.8, 4) is 0 Å². The summed E-state index contributed by atoms with van der Waals surface area (Å²) in [5.41, 5.74) is 2.70. The van der Waals surface area contributed by atoms with Crippen LogP contribution >= 0.6 is 0 Å². The van der Waals surface area contributed by atoms with E-state index in [0.29, 0.717) is 31.7 Å². The Morgan fingerprint density at radius 2 is 1.14 bits per heavy atom. The van der Waals surface area contributed by atoms with Gasteiger partial charge in [0.25, 0.3) is 11.8 Å². The predicted molar refractivity (Wildman–Crippen MR) is 114 cm³/mol. The largest absolute Gasteiger partial charge is 0.335 e. The third kappa shape index (κ3) is 4.85. The number of benzene rings is 2. The molecule has 5 nitrogen and oxygen atoms in total. The molecule has 0 radical (unpaired) electrons. The number of rotatable bonds is 4. The number of amides is 2. The number of carbonyl (C=O) groups is 2. The highest BCUT2D eigenvalue weighted by atomic mass is 16.2. The molecular formula is C24H29N3O2. The second-order valence-electron chi connectivity index (χ2n) is 7.98. The lowest BCUT2D eigenvalue weighted by Gasteiger charge is -2.35. The molecule has 29 heavy (non-hydrogen) atoms. The van der Waals surface area contributed by atoms with Crippen LogP contribution in [0.1, 0.15) is 45.5 Å². The third-order valence-electron chi connectivity index (χ3n) is 5.93. The quantitative estimate of drug-likeness (QED) is 0.804. The van der Waals surface area contributed by atoms with E-state index in [1.807, 2.05) is 52.3 Å². The van der Waals surface area contributed by atoms with E-state index >= 15 is 0 Å². The summed E-state index contributed by atoms with van der Waals surface area (Å²) in [5, 5.41) is 0. The first-order chi connectivity index (χ1) is 14.2. The van der Waals surface area contributed by atoms with E-state index in [9.17, 15) is 9.59 Å². The molecule has 0 atom stereocenters. The SMILES string of the molecule is O=C(c1ccccc1)N1CCN(C(=O)c2ccc(CN3CCCCC3)cc2)CC1. The lowest BCUT2D eigenvalue weighted by Crippen LogP contribution is -2.50. The van der Waals surface area contributed by atoms with Gasteiger partial charge in [0.05, 0.1) is 0 Å². The Hall–Kier alpha value is -2.66. The minimum Gasteiger partial charge on any atom is -0.335 e. The molecule has 2 aromatic carbocycles. The van der Waals surface area contributed by atoms with Gasteiger partial charge >= 0.3 is 0 Å². The van der Waals surface area contributed by atoms with Gasteiger partial charge in [0.1, 0.15) is 0 Å². The average Bonchev–Trinajstić information content (AvgIpc) is 2.80. The first-order valence-corrected chi connectivity index (χ1v) is 10.7. The smallest absolute Gasteiger partial charge is 0.253 e. The Kier molecular flexibility index (Phi) is 6.25. The molecule has 0 saturated carbocycles. The highest BCUT2D eigenvalue weighted by molar-refractivity contribution is 5.96. The van der Waals surface area contributed by atoms with Crippen LogP contribution in [-0.2, 0) is 6.54 Å². The minimum absolute atomic E-state index is 0.0414. The van der Waals surface area contributed by atoms with Crippen molar-refractivity contribution in [2.24, 2.45) is 0 Å². The van der Waals surface area contributed by atoms with Crippen LogP contribution in [0.25, 0.3) is 0 Å². The van der Waals surface area contributed by atoms with Crippen LogP contribution in [0.4, 0.5) is 0 Å². The van der Waals surface area contributed by atoms with Crippen LogP contribution < -0.4 is 0 Å². The number of hydrogen-bond donors (Lipinski definition) is 0. The molecule has 5 heteroatoms. The second-order valence-corrected chi connectivity index (χ2v) is 7.98. The summed E-state index contributed by atoms with van der Waals surface area (Å²) < 4.78 is 0. The highest BCUT2D eigenvalue weighted by Gasteiger charge is 2.25. The van der Waals surface area contributed by atoms with Crippen LogP contribution in [-0.4, -0.2) is 65.8 Å². The lowest BCUT2D eigenvalue weighted by atomic mass is 10.1. The van der Waals surface area contributed by atoms with Gasteiger partial charge in [-0.05, 0) is 55.8 Å². The fourth-order valence-corrected chi connectivity index (χ4v) is 4.19. The maximum atomic E-state index is 12.9. The molecule has 152 valence electrons. The van der Waals surface area contributed by atoms with E-state index in [2.05, 4.69) is 17.0 Å². The van der Waals surface area contributed by atoms with E-state index in [1.54, 1.807) is 0 Å². The Bertz CT molecular complexity index is 821. The molecule has 2 aliphatic rings. The number of piperazine rings is 1. The summed E-state index contributed by atoms with van der Waals surface area (Å²) >= 11 is 0. The topological polar surface area (TPSA) is 43.9 Å². The van der Waals surface area contributed by atoms with Crippen molar-refractivity contribution in [1.29, 1.82) is 0 Å². The van der Waals surface area contributed by atoms with Crippen molar-refractivity contribution in [2.45, 2.75) is 25.8 Å². The zero-order chi connectivity index (χ0) is 20.1. The van der Waals surface area contributed by atoms with E-state index < -0.39 is 0 Å². The minimum atomic E-state index is 0.0414. The maximum absolute atomic E-state index is 12.9. The van der Waals surface area contributed by atoms with Crippen LogP contribution in [0.2, 0.25) is 0 Å². The van der Waals surface area contributed by atoms with Crippen molar-refractivity contribution in [1.82, 2.24) is 14.7 Å². The molecule has 2 saturated heterocycles. The van der Waals surface area contributed by atoms with Crippen LogP contribution in [0.15, 0.2) is 54.6 Å². The van der Waals surface area contributed by atoms with E-state index in [4.69, 9.17) is 0 Å². The molecule has 0 aliphatic carbocycles. The number of carbonyl (C=O) groups excluding carboxylic acids is 2. The van der Waals surface area contributed by atoms with Gasteiger partial charge in [0.2, 0.25) is 0 Å². The van der Waals surface area contributed by atoms with Gasteiger partial charge < -0.3 is 9.80 Å². The highest BCUT2D eigenvalue weighted by Crippen LogP contribution is 2.16. The molecule has 0 aromatic heterocycles. The summed E-state index contributed by atoms with van der Waals surface area (Å²) in [6, 6.07) is 17.4. The number of nitrogens with zero attached hydrogens (tertiary/aromatic N) is 3. The molecule has 0 N–H and O–H groups in total. The number of likely N-dealkylation sites (tertiary alicyclic amines) is 1. The molecule has 2 aromatic rings. The molecule has 0 bridgehead atoms. The number of hydrogen-bond acceptors (Lipinski definition) is 3. The molecule has 0 unspecified atom stereocenters. The molecule has 4 rings (SSSR count). The molecule has 0 spiro atoms. The lowest BCUT2D eigenvalue weighted by molar-refractivity contribution is 0.0535. The molecule has 2 fully saturated rings. The van der Waals surface area contributed by atoms with Crippen molar-refractivity contribution >= 4 is 11.8 Å². The standard InChI is InChI=1S/C24H29N3O2/c28-23(21-7-3-1-4-8-21)26-15-17-27(18-16-26)24(29)22-11-9-20(10-12-22)19-25-13-5-2-6-14-25/h1,3-4,7-12H,2,5-6,13-19H2. The van der Waals surface area contributed by atoms with Crippen LogP contribution in [0.5, 0.6) is 0 Å². The Balaban J connectivity index is 1.30. The molecular weight excluding hydrogens is 362 g/mol. The van der Waals surface area contributed by atoms with Gasteiger partial charge in [0.15, 0.2) is 0 Å². The van der Waals surface area contributed by atoms with E-state index in [0.717, 1.165) is 12.1 Å². The van der Waals surface area contributed by atoms with Crippen LogP contribution in [0.3, 0.4) is 0 Å². The van der Waals surface area contributed by atoms with E-state index in [-0.39, 0.29) is 11.8 Å². The third-order valence-corrected chi connectivity index (χ3v) is 5.93. The van der Waals surface area contributed by atoms with Crippen molar-refractivity contribution in [2.75, 3.05) is 39.3 Å². The van der Waals surface area contributed by atoms with Crippen molar-refractivity contribution in [3.05, 3.63) is 71.3 Å². The van der Waals surface area contributed by atoms with E-state index in [1.165, 1.54) is 37.9 Å². The zero-order valence-electron chi connectivity index (χ0n) is 16.9. The van der Waals surface area contributed by atoms with Gasteiger partial charge in [-0.25, -0.2) is 0 Å². The first-order valence-electron chi connectivity index (χ1n) is 10.7. The maximum Gasteiger partial charge on any atom is 0.253 e. The first kappa shape index (κ1) is 19.6. The monoisotopic (exact) mass is 391 g/mol. The fourth-order valence-electron chi connectivity index (χ4n) is 4.19. The zero-order valence-corrected chi connectivity index (χ0v) is 16.9. The number of piperidine rings is 1. The summed E-state index contributed by atoms with van der Waals surface area (Å²) in [4.78, 5) is 31.6. The predicted octanol–water partition coefficient (Wildman–Crippen LogP) is 3.27. The summed E-state index contributed by atoms with van der Waals surface area (Å²) in [7, 11) is 0. The van der Waals surface area contributed by atoms with Gasteiger partial charge in [-0.15, -0.1) is 0 Å². The van der Waals surface area contributed by atoms with Crippen molar-refractivity contribution in [3.63, 3.8) is 0 Å². The Labute approximate surface area is 172 Å². The van der Waals surface area contributed by atoms with Gasteiger partial charge in [-0.1, -0.05) is 36.8 Å². The van der Waals surface area contributed by atoms with Crippen molar-refractivity contribution < 1.29 is 9.59 Å². The summed E-state index contributed by atoms with van der Waals surface area (Å²) in [5.74, 6) is 0.0982. The fraction of sp³-hybridized carbons (Fsp3) is 0.417. The average molecular weight is 392 g/mol. The molecule has 2 aliphatic heterocycles. The van der Waals surface area contributed by atoms with Gasteiger partial charge in [-0.3, -0.25) is 14.5 Å². The summed E-state index contributed by atoms with van der Waals surface area (Å²) in [6.45, 7) is 5.62. The molecule has 2 heterocycles. The van der Waals surface area contributed by atoms with Crippen LogP contribution in [0, 0.1) is 0 Å². The summed E-state index contributed by atoms with van der Waals surface area (Å²) in [6.07, 6.45) is 3.92. The second kappa shape index (κ2) is 9.23. The molecule has 2 amide bonds. The normalized spacial score (nSPS) is 17.9. The van der Waals surface area contributed by atoms with Gasteiger partial charge in [0, 0.05) is 43.9 Å².